The highest BCUT2D eigenvalue weighted by Crippen LogP contribution is 2.17. The highest BCUT2D eigenvalue weighted by atomic mass is 16.4. The molecule has 0 amide bonds. The maximum Gasteiger partial charge on any atom is 0.325 e. The topological polar surface area (TPSA) is 75.1 Å². The zero-order valence-electron chi connectivity index (χ0n) is 13.1. The third-order valence-corrected chi connectivity index (χ3v) is 3.27. The fourth-order valence-corrected chi connectivity index (χ4v) is 2.05. The maximum atomic E-state index is 11.4. The van der Waals surface area contributed by atoms with Gasteiger partial charge in [-0.1, -0.05) is 51.1 Å². The Morgan fingerprint density at radius 2 is 1.77 bits per heavy atom. The highest BCUT2D eigenvalue weighted by Gasteiger charge is 2.19. The molecule has 2 aromatic rings. The molecule has 1 heterocycles. The Morgan fingerprint density at radius 1 is 1.18 bits per heavy atom. The second kappa shape index (κ2) is 6.66. The van der Waals surface area contributed by atoms with Crippen LogP contribution < -0.4 is 5.32 Å². The van der Waals surface area contributed by atoms with Crippen LogP contribution in [0.2, 0.25) is 0 Å². The molecule has 5 heteroatoms. The molecule has 1 atom stereocenters. The van der Waals surface area contributed by atoms with Gasteiger partial charge in [0.25, 0.3) is 0 Å². The average Bonchev–Trinajstić information content (AvgIpc) is 2.48. The van der Waals surface area contributed by atoms with Crippen molar-refractivity contribution < 1.29 is 9.90 Å². The largest absolute Gasteiger partial charge is 0.480 e. The molecule has 22 heavy (non-hydrogen) atoms. The first kappa shape index (κ1) is 16.1. The minimum Gasteiger partial charge on any atom is -0.480 e. The number of hydrogen-bond acceptors (Lipinski definition) is 4. The summed E-state index contributed by atoms with van der Waals surface area (Å²) in [6.45, 7) is 6.55. The van der Waals surface area contributed by atoms with Gasteiger partial charge in [0.1, 0.15) is 11.9 Å². The minimum absolute atomic E-state index is 0.0976. The normalized spacial score (nSPS) is 12.9. The van der Waals surface area contributed by atoms with Crippen LogP contribution in [-0.4, -0.2) is 21.0 Å². The fourth-order valence-electron chi connectivity index (χ4n) is 2.05. The van der Waals surface area contributed by atoms with Crippen LogP contribution in [0.15, 0.2) is 42.7 Å². The summed E-state index contributed by atoms with van der Waals surface area (Å²) in [5.74, 6) is -0.132. The van der Waals surface area contributed by atoms with Gasteiger partial charge in [-0.2, -0.15) is 0 Å². The molecule has 0 fully saturated rings. The number of carboxylic acid groups (broad SMARTS) is 1. The molecule has 0 radical (unpaired) electrons. The van der Waals surface area contributed by atoms with Crippen molar-refractivity contribution in [3.63, 3.8) is 0 Å². The van der Waals surface area contributed by atoms with Crippen LogP contribution in [0, 0.1) is 0 Å². The van der Waals surface area contributed by atoms with Gasteiger partial charge in [0.05, 0.1) is 0 Å². The number of carbonyl (C=O) groups is 1. The predicted octanol–water partition coefficient (Wildman–Crippen LogP) is 2.69. The van der Waals surface area contributed by atoms with Crippen molar-refractivity contribution in [3.05, 3.63) is 59.7 Å². The van der Waals surface area contributed by atoms with Crippen molar-refractivity contribution in [3.8, 4) is 0 Å². The molecule has 0 bridgehead atoms. The van der Waals surface area contributed by atoms with E-state index in [1.54, 1.807) is 24.5 Å². The molecule has 0 aliphatic carbocycles. The van der Waals surface area contributed by atoms with Crippen molar-refractivity contribution in [2.75, 3.05) is 0 Å². The summed E-state index contributed by atoms with van der Waals surface area (Å²) in [5.41, 5.74) is 1.48. The number of benzene rings is 1. The Kier molecular flexibility index (Phi) is 4.88. The zero-order chi connectivity index (χ0) is 16.2. The van der Waals surface area contributed by atoms with E-state index in [0.717, 1.165) is 17.0 Å². The number of hydrogen-bond donors (Lipinski definition) is 2. The Hall–Kier alpha value is -2.27. The van der Waals surface area contributed by atoms with Crippen LogP contribution in [0.3, 0.4) is 0 Å². The van der Waals surface area contributed by atoms with E-state index in [9.17, 15) is 9.90 Å². The molecular weight excluding hydrogens is 278 g/mol. The lowest BCUT2D eigenvalue weighted by Gasteiger charge is -2.17. The standard InChI is InChI=1S/C17H21N3O2/c1-17(2,3)16-19-10-12(11-20-16)9-18-14(15(21)22)13-7-5-4-6-8-13/h4-8,10-11,14,18H,9H2,1-3H3,(H,21,22)/t14-/m1/s1. The van der Waals surface area contributed by atoms with Crippen LogP contribution in [0.4, 0.5) is 0 Å². The van der Waals surface area contributed by atoms with Gasteiger partial charge < -0.3 is 5.11 Å². The van der Waals surface area contributed by atoms with E-state index < -0.39 is 12.0 Å². The fraction of sp³-hybridized carbons (Fsp3) is 0.353. The summed E-state index contributed by atoms with van der Waals surface area (Å²) in [4.78, 5) is 20.1. The smallest absolute Gasteiger partial charge is 0.325 e. The molecule has 0 aliphatic rings. The quantitative estimate of drug-likeness (QED) is 0.888. The first-order valence-corrected chi connectivity index (χ1v) is 7.20. The third kappa shape index (κ3) is 4.11. The summed E-state index contributed by atoms with van der Waals surface area (Å²) < 4.78 is 0. The van der Waals surface area contributed by atoms with E-state index in [4.69, 9.17) is 0 Å². The molecule has 0 saturated carbocycles. The van der Waals surface area contributed by atoms with Crippen LogP contribution in [0.1, 0.15) is 43.8 Å². The summed E-state index contributed by atoms with van der Waals surface area (Å²) >= 11 is 0. The molecule has 2 N–H and O–H groups in total. The van der Waals surface area contributed by atoms with Crippen LogP contribution >= 0.6 is 0 Å². The van der Waals surface area contributed by atoms with Gasteiger partial charge in [-0.15, -0.1) is 0 Å². The van der Waals surface area contributed by atoms with Crippen molar-refractivity contribution >= 4 is 5.97 Å². The van der Waals surface area contributed by atoms with Crippen LogP contribution in [-0.2, 0) is 16.8 Å². The zero-order valence-corrected chi connectivity index (χ0v) is 13.1. The number of nitrogens with zero attached hydrogens (tertiary/aromatic N) is 2. The molecule has 1 aromatic heterocycles. The Morgan fingerprint density at radius 3 is 2.27 bits per heavy atom. The van der Waals surface area contributed by atoms with Crippen molar-refractivity contribution in [1.82, 2.24) is 15.3 Å². The molecule has 0 aliphatic heterocycles. The van der Waals surface area contributed by atoms with Gasteiger partial charge in [0.15, 0.2) is 0 Å². The molecule has 0 unspecified atom stereocenters. The van der Waals surface area contributed by atoms with E-state index >= 15 is 0 Å². The maximum absolute atomic E-state index is 11.4. The summed E-state index contributed by atoms with van der Waals surface area (Å²) in [6, 6.07) is 8.36. The lowest BCUT2D eigenvalue weighted by molar-refractivity contribution is -0.139. The van der Waals surface area contributed by atoms with Crippen molar-refractivity contribution in [2.45, 2.75) is 38.8 Å². The minimum atomic E-state index is -0.904. The van der Waals surface area contributed by atoms with Crippen LogP contribution in [0.25, 0.3) is 0 Å². The van der Waals surface area contributed by atoms with Gasteiger partial charge in [0, 0.05) is 29.9 Å². The third-order valence-electron chi connectivity index (χ3n) is 3.27. The predicted molar refractivity (Wildman–Crippen MR) is 84.4 cm³/mol. The Bertz CT molecular complexity index is 619. The number of carboxylic acids is 1. The molecule has 2 rings (SSSR count). The summed E-state index contributed by atoms with van der Waals surface area (Å²) in [6.07, 6.45) is 3.48. The van der Waals surface area contributed by atoms with Gasteiger partial charge in [-0.25, -0.2) is 9.97 Å². The lowest BCUT2D eigenvalue weighted by atomic mass is 9.96. The molecule has 0 spiro atoms. The first-order chi connectivity index (χ1) is 10.4. The van der Waals surface area contributed by atoms with Crippen LogP contribution in [0.5, 0.6) is 0 Å². The highest BCUT2D eigenvalue weighted by molar-refractivity contribution is 5.75. The lowest BCUT2D eigenvalue weighted by Crippen LogP contribution is -2.28. The second-order valence-corrected chi connectivity index (χ2v) is 6.23. The molecular formula is C17H21N3O2. The van der Waals surface area contributed by atoms with Crippen molar-refractivity contribution in [1.29, 1.82) is 0 Å². The number of rotatable bonds is 5. The van der Waals surface area contributed by atoms with E-state index in [1.165, 1.54) is 0 Å². The number of aromatic nitrogens is 2. The number of aliphatic carboxylic acids is 1. The van der Waals surface area contributed by atoms with Gasteiger partial charge in [-0.3, -0.25) is 10.1 Å². The van der Waals surface area contributed by atoms with Gasteiger partial charge in [-0.05, 0) is 5.56 Å². The molecule has 1 aromatic carbocycles. The Balaban J connectivity index is 2.06. The molecule has 5 nitrogen and oxygen atoms in total. The average molecular weight is 299 g/mol. The molecule has 0 saturated heterocycles. The van der Waals surface area contributed by atoms with E-state index in [-0.39, 0.29) is 5.41 Å². The number of nitrogens with one attached hydrogen (secondary N) is 1. The van der Waals surface area contributed by atoms with E-state index in [0.29, 0.717) is 6.54 Å². The summed E-state index contributed by atoms with van der Waals surface area (Å²) in [7, 11) is 0. The van der Waals surface area contributed by atoms with E-state index in [1.807, 2.05) is 18.2 Å². The van der Waals surface area contributed by atoms with E-state index in [2.05, 4.69) is 36.1 Å². The molecule has 116 valence electrons. The Labute approximate surface area is 130 Å². The second-order valence-electron chi connectivity index (χ2n) is 6.23. The van der Waals surface area contributed by atoms with Crippen molar-refractivity contribution in [2.24, 2.45) is 0 Å². The van der Waals surface area contributed by atoms with Gasteiger partial charge >= 0.3 is 5.97 Å². The van der Waals surface area contributed by atoms with Gasteiger partial charge in [0.2, 0.25) is 0 Å². The summed E-state index contributed by atoms with van der Waals surface area (Å²) in [5, 5.41) is 12.4. The SMILES string of the molecule is CC(C)(C)c1ncc(CN[C@@H](C(=O)O)c2ccccc2)cn1. The monoisotopic (exact) mass is 299 g/mol. The first-order valence-electron chi connectivity index (χ1n) is 7.20.